The predicted octanol–water partition coefficient (Wildman–Crippen LogP) is 2.77. The Bertz CT molecular complexity index is 164. The minimum Gasteiger partial charge on any atom is -0.392 e. The number of aliphatic hydroxyl groups is 1. The molecule has 0 spiro atoms. The zero-order valence-corrected chi connectivity index (χ0v) is 9.92. The fraction of sp³-hybridized carbons (Fsp3) is 0.833. The van der Waals surface area contributed by atoms with Gasteiger partial charge in [-0.2, -0.15) is 0 Å². The van der Waals surface area contributed by atoms with E-state index >= 15 is 0 Å². The zero-order valence-electron chi connectivity index (χ0n) is 9.92. The first kappa shape index (κ1) is 13.7. The minimum absolute atomic E-state index is 0.153. The molecule has 0 aliphatic heterocycles. The van der Waals surface area contributed by atoms with Gasteiger partial charge < -0.3 is 9.84 Å². The van der Waals surface area contributed by atoms with Crippen LogP contribution in [0.5, 0.6) is 0 Å². The highest BCUT2D eigenvalue weighted by molar-refractivity contribution is 4.98. The molecule has 0 aromatic carbocycles. The molecular formula is C12H24O2. The van der Waals surface area contributed by atoms with E-state index in [1.807, 2.05) is 6.92 Å². The number of hydrogen-bond acceptors (Lipinski definition) is 2. The lowest BCUT2D eigenvalue weighted by atomic mass is 9.98. The monoisotopic (exact) mass is 200 g/mol. The Morgan fingerprint density at radius 2 is 2.14 bits per heavy atom. The third-order valence-electron chi connectivity index (χ3n) is 2.67. The van der Waals surface area contributed by atoms with E-state index in [-0.39, 0.29) is 6.61 Å². The molecule has 2 heteroatoms. The van der Waals surface area contributed by atoms with Crippen LogP contribution in [0.4, 0.5) is 0 Å². The summed E-state index contributed by atoms with van der Waals surface area (Å²) in [7, 11) is 1.76. The molecule has 1 N–H and O–H groups in total. The van der Waals surface area contributed by atoms with E-state index in [2.05, 4.69) is 19.9 Å². The summed E-state index contributed by atoms with van der Waals surface area (Å²) in [4.78, 5) is 0. The van der Waals surface area contributed by atoms with E-state index in [1.165, 1.54) is 6.42 Å². The molecule has 0 bridgehead atoms. The molecule has 0 aliphatic rings. The molecule has 0 amide bonds. The Balaban J connectivity index is 3.90. The van der Waals surface area contributed by atoms with Crippen molar-refractivity contribution < 1.29 is 9.84 Å². The van der Waals surface area contributed by atoms with Crippen LogP contribution in [0.15, 0.2) is 11.6 Å². The average Bonchev–Trinajstić information content (AvgIpc) is 2.22. The normalized spacial score (nSPS) is 16.8. The predicted molar refractivity (Wildman–Crippen MR) is 60.3 cm³/mol. The van der Waals surface area contributed by atoms with Crippen LogP contribution >= 0.6 is 0 Å². The number of aliphatic hydroxyl groups excluding tert-OH is 1. The maximum atomic E-state index is 8.84. The van der Waals surface area contributed by atoms with Crippen LogP contribution in [-0.2, 0) is 4.74 Å². The molecule has 0 aliphatic carbocycles. The van der Waals surface area contributed by atoms with E-state index in [4.69, 9.17) is 9.84 Å². The van der Waals surface area contributed by atoms with Crippen LogP contribution in [0.1, 0.15) is 40.0 Å². The van der Waals surface area contributed by atoms with Crippen molar-refractivity contribution >= 4 is 0 Å². The summed E-state index contributed by atoms with van der Waals surface area (Å²) in [5.74, 6) is 0.711. The molecule has 0 rings (SSSR count). The van der Waals surface area contributed by atoms with Crippen molar-refractivity contribution in [3.8, 4) is 0 Å². The third-order valence-corrected chi connectivity index (χ3v) is 2.67. The molecule has 0 radical (unpaired) electrons. The van der Waals surface area contributed by atoms with Gasteiger partial charge in [0.05, 0.1) is 12.7 Å². The summed E-state index contributed by atoms with van der Waals surface area (Å²) in [6, 6.07) is 0. The van der Waals surface area contributed by atoms with E-state index in [0.29, 0.717) is 12.0 Å². The van der Waals surface area contributed by atoms with Crippen LogP contribution in [0.2, 0.25) is 0 Å². The highest BCUT2D eigenvalue weighted by Gasteiger charge is 2.09. The van der Waals surface area contributed by atoms with Crippen molar-refractivity contribution in [3.05, 3.63) is 11.6 Å². The first-order valence-electron chi connectivity index (χ1n) is 5.43. The molecule has 2 nitrogen and oxygen atoms in total. The van der Waals surface area contributed by atoms with Gasteiger partial charge in [0, 0.05) is 7.11 Å². The molecule has 2 atom stereocenters. The maximum absolute atomic E-state index is 8.84. The van der Waals surface area contributed by atoms with Gasteiger partial charge in [0.2, 0.25) is 0 Å². The highest BCUT2D eigenvalue weighted by atomic mass is 16.5. The second-order valence-electron chi connectivity index (χ2n) is 4.05. The van der Waals surface area contributed by atoms with Crippen LogP contribution < -0.4 is 0 Å². The van der Waals surface area contributed by atoms with Gasteiger partial charge in [-0.1, -0.05) is 31.9 Å². The molecule has 0 aromatic heterocycles. The Morgan fingerprint density at radius 1 is 1.50 bits per heavy atom. The molecule has 0 saturated heterocycles. The van der Waals surface area contributed by atoms with Crippen LogP contribution in [0, 0.1) is 5.92 Å². The standard InChI is InChI=1S/C12H24O2/c1-5-10(2)8-12(14-4)7-6-11(3)9-13/h6,10,12-13H,5,7-9H2,1-4H3. The zero-order chi connectivity index (χ0) is 11.0. The number of hydrogen-bond donors (Lipinski definition) is 1. The molecular weight excluding hydrogens is 176 g/mol. The van der Waals surface area contributed by atoms with E-state index < -0.39 is 0 Å². The summed E-state index contributed by atoms with van der Waals surface area (Å²) in [5, 5.41) is 8.84. The Kier molecular flexibility index (Phi) is 7.81. The smallest absolute Gasteiger partial charge is 0.0639 e. The van der Waals surface area contributed by atoms with E-state index in [0.717, 1.165) is 18.4 Å². The van der Waals surface area contributed by atoms with E-state index in [1.54, 1.807) is 7.11 Å². The molecule has 0 saturated carbocycles. The SMILES string of the molecule is CCC(C)CC(CC=C(C)CO)OC. The largest absolute Gasteiger partial charge is 0.392 e. The first-order valence-corrected chi connectivity index (χ1v) is 5.43. The Morgan fingerprint density at radius 3 is 2.57 bits per heavy atom. The van der Waals surface area contributed by atoms with Crippen LogP contribution in [0.3, 0.4) is 0 Å². The lowest BCUT2D eigenvalue weighted by Crippen LogP contribution is -2.13. The molecule has 2 unspecified atom stereocenters. The van der Waals surface area contributed by atoms with Gasteiger partial charge in [0.25, 0.3) is 0 Å². The fourth-order valence-corrected chi connectivity index (χ4v) is 1.30. The van der Waals surface area contributed by atoms with Crippen molar-refractivity contribution in [1.29, 1.82) is 0 Å². The van der Waals surface area contributed by atoms with E-state index in [9.17, 15) is 0 Å². The van der Waals surface area contributed by atoms with Crippen molar-refractivity contribution in [1.82, 2.24) is 0 Å². The lowest BCUT2D eigenvalue weighted by Gasteiger charge is -2.17. The van der Waals surface area contributed by atoms with Gasteiger partial charge in [0.1, 0.15) is 0 Å². The summed E-state index contributed by atoms with van der Waals surface area (Å²) in [6.07, 6.45) is 5.57. The molecule has 14 heavy (non-hydrogen) atoms. The summed E-state index contributed by atoms with van der Waals surface area (Å²) in [5.41, 5.74) is 1.02. The Hall–Kier alpha value is -0.340. The van der Waals surface area contributed by atoms with Gasteiger partial charge >= 0.3 is 0 Å². The molecule has 84 valence electrons. The van der Waals surface area contributed by atoms with Crippen LogP contribution in [-0.4, -0.2) is 24.9 Å². The average molecular weight is 200 g/mol. The maximum Gasteiger partial charge on any atom is 0.0639 e. The summed E-state index contributed by atoms with van der Waals surface area (Å²) in [6.45, 7) is 6.54. The number of ether oxygens (including phenoxy) is 1. The molecule has 0 fully saturated rings. The minimum atomic E-state index is 0.153. The van der Waals surface area contributed by atoms with Gasteiger partial charge in [-0.05, 0) is 25.7 Å². The van der Waals surface area contributed by atoms with Crippen molar-refractivity contribution in [2.75, 3.05) is 13.7 Å². The first-order chi connectivity index (χ1) is 6.63. The quantitative estimate of drug-likeness (QED) is 0.640. The third kappa shape index (κ3) is 6.17. The second-order valence-corrected chi connectivity index (χ2v) is 4.05. The van der Waals surface area contributed by atoms with Gasteiger partial charge in [0.15, 0.2) is 0 Å². The number of rotatable bonds is 7. The van der Waals surface area contributed by atoms with Crippen molar-refractivity contribution in [2.24, 2.45) is 5.92 Å². The van der Waals surface area contributed by atoms with Gasteiger partial charge in [-0.15, -0.1) is 0 Å². The summed E-state index contributed by atoms with van der Waals surface area (Å²) >= 11 is 0. The van der Waals surface area contributed by atoms with Crippen LogP contribution in [0.25, 0.3) is 0 Å². The Labute approximate surface area is 88.0 Å². The molecule has 0 aromatic rings. The van der Waals surface area contributed by atoms with Gasteiger partial charge in [-0.25, -0.2) is 0 Å². The van der Waals surface area contributed by atoms with Crippen molar-refractivity contribution in [3.63, 3.8) is 0 Å². The topological polar surface area (TPSA) is 29.5 Å². The fourth-order valence-electron chi connectivity index (χ4n) is 1.30. The molecule has 0 heterocycles. The summed E-state index contributed by atoms with van der Waals surface area (Å²) < 4.78 is 5.39. The van der Waals surface area contributed by atoms with Crippen molar-refractivity contribution in [2.45, 2.75) is 46.1 Å². The highest BCUT2D eigenvalue weighted by Crippen LogP contribution is 2.15. The lowest BCUT2D eigenvalue weighted by molar-refractivity contribution is 0.0839. The second kappa shape index (κ2) is 8.01. The van der Waals surface area contributed by atoms with Gasteiger partial charge in [-0.3, -0.25) is 0 Å². The number of methoxy groups -OCH3 is 1.